The van der Waals surface area contributed by atoms with Gasteiger partial charge in [-0.3, -0.25) is 14.5 Å². The number of carbonyl (C=O) groups is 2. The predicted octanol–water partition coefficient (Wildman–Crippen LogP) is 3.18. The van der Waals surface area contributed by atoms with E-state index in [2.05, 4.69) is 10.1 Å². The third-order valence-corrected chi connectivity index (χ3v) is 6.05. The van der Waals surface area contributed by atoms with Crippen LogP contribution in [0, 0.1) is 6.92 Å². The normalized spacial score (nSPS) is 16.6. The number of carbonyl (C=O) groups excluding carboxylic acids is 2. The molecule has 2 amide bonds. The quantitative estimate of drug-likeness (QED) is 0.629. The maximum absolute atomic E-state index is 12.9. The van der Waals surface area contributed by atoms with Crippen molar-refractivity contribution in [2.75, 3.05) is 31.1 Å². The van der Waals surface area contributed by atoms with Crippen LogP contribution >= 0.6 is 0 Å². The van der Waals surface area contributed by atoms with Gasteiger partial charge in [0, 0.05) is 24.6 Å². The maximum Gasteiger partial charge on any atom is 0.265 e. The third-order valence-electron chi connectivity index (χ3n) is 6.05. The number of likely N-dealkylation sites (tertiary alicyclic amines) is 1. The second-order valence-electron chi connectivity index (χ2n) is 8.21. The molecule has 8 heteroatoms. The Morgan fingerprint density at radius 2 is 1.84 bits per heavy atom. The molecule has 0 aliphatic carbocycles. The van der Waals surface area contributed by atoms with Gasteiger partial charge in [0.25, 0.3) is 5.91 Å². The van der Waals surface area contributed by atoms with Crippen LogP contribution in [0.4, 0.5) is 5.69 Å². The molecule has 1 saturated heterocycles. The molecular weight excluding hydrogens is 408 g/mol. The Morgan fingerprint density at radius 3 is 2.62 bits per heavy atom. The highest BCUT2D eigenvalue weighted by atomic mass is 16.5. The molecule has 0 saturated carbocycles. The Kier molecular flexibility index (Phi) is 5.34. The number of benzene rings is 2. The number of nitrogens with zero attached hydrogens (tertiary/aromatic N) is 4. The van der Waals surface area contributed by atoms with Crippen molar-refractivity contribution in [3.05, 3.63) is 60.0 Å². The van der Waals surface area contributed by atoms with Crippen molar-refractivity contribution >= 4 is 17.5 Å². The Bertz CT molecular complexity index is 1130. The van der Waals surface area contributed by atoms with Crippen LogP contribution in [0.5, 0.6) is 5.75 Å². The van der Waals surface area contributed by atoms with E-state index in [-0.39, 0.29) is 30.9 Å². The van der Waals surface area contributed by atoms with Crippen molar-refractivity contribution in [1.82, 2.24) is 15.0 Å². The van der Waals surface area contributed by atoms with Gasteiger partial charge in [-0.1, -0.05) is 47.1 Å². The summed E-state index contributed by atoms with van der Waals surface area (Å²) in [6.45, 7) is 3.18. The van der Waals surface area contributed by atoms with Gasteiger partial charge in [-0.05, 0) is 31.9 Å². The highest BCUT2D eigenvalue weighted by Crippen LogP contribution is 2.32. The minimum atomic E-state index is -0.207. The van der Waals surface area contributed by atoms with E-state index >= 15 is 0 Å². The average molecular weight is 432 g/mol. The Labute approximate surface area is 185 Å². The molecule has 2 aromatic carbocycles. The zero-order chi connectivity index (χ0) is 22.1. The molecule has 8 nitrogen and oxygen atoms in total. The summed E-state index contributed by atoms with van der Waals surface area (Å²) in [5, 5.41) is 4.13. The molecule has 3 aromatic rings. The summed E-state index contributed by atoms with van der Waals surface area (Å²) in [5.41, 5.74) is 2.74. The van der Waals surface area contributed by atoms with E-state index in [9.17, 15) is 9.59 Å². The van der Waals surface area contributed by atoms with E-state index in [1.54, 1.807) is 17.0 Å². The van der Waals surface area contributed by atoms with E-state index in [0.717, 1.165) is 18.4 Å². The van der Waals surface area contributed by atoms with E-state index in [1.807, 2.05) is 43.3 Å². The van der Waals surface area contributed by atoms with Crippen molar-refractivity contribution in [1.29, 1.82) is 0 Å². The fraction of sp³-hybridized carbons (Fsp3) is 0.333. The van der Waals surface area contributed by atoms with Gasteiger partial charge in [-0.15, -0.1) is 0 Å². The predicted molar refractivity (Wildman–Crippen MR) is 117 cm³/mol. The summed E-state index contributed by atoms with van der Waals surface area (Å²) >= 11 is 0. The minimum Gasteiger partial charge on any atom is -0.482 e. The molecule has 1 fully saturated rings. The van der Waals surface area contributed by atoms with Gasteiger partial charge in [-0.2, -0.15) is 4.98 Å². The zero-order valence-electron chi connectivity index (χ0n) is 17.9. The number of aromatic nitrogens is 2. The van der Waals surface area contributed by atoms with E-state index in [0.29, 0.717) is 36.2 Å². The van der Waals surface area contributed by atoms with Crippen LogP contribution in [0.3, 0.4) is 0 Å². The largest absolute Gasteiger partial charge is 0.482 e. The number of amides is 2. The summed E-state index contributed by atoms with van der Waals surface area (Å²) in [4.78, 5) is 33.2. The first kappa shape index (κ1) is 20.2. The molecule has 32 heavy (non-hydrogen) atoms. The van der Waals surface area contributed by atoms with Crippen molar-refractivity contribution in [3.63, 3.8) is 0 Å². The number of aryl methyl sites for hydroxylation is 1. The lowest BCUT2D eigenvalue weighted by Gasteiger charge is -2.34. The lowest BCUT2D eigenvalue weighted by molar-refractivity contribution is -0.133. The smallest absolute Gasteiger partial charge is 0.265 e. The zero-order valence-corrected chi connectivity index (χ0v) is 17.9. The monoisotopic (exact) mass is 432 g/mol. The van der Waals surface area contributed by atoms with Crippen LogP contribution in [-0.4, -0.2) is 53.1 Å². The topological polar surface area (TPSA) is 88.8 Å². The van der Waals surface area contributed by atoms with Crippen LogP contribution in [0.1, 0.15) is 30.2 Å². The third kappa shape index (κ3) is 3.95. The molecule has 0 N–H and O–H groups in total. The van der Waals surface area contributed by atoms with Crippen LogP contribution < -0.4 is 9.64 Å². The van der Waals surface area contributed by atoms with Crippen molar-refractivity contribution in [2.45, 2.75) is 25.7 Å². The second-order valence-corrected chi connectivity index (χ2v) is 8.21. The summed E-state index contributed by atoms with van der Waals surface area (Å²) in [6.07, 6.45) is 1.49. The summed E-state index contributed by atoms with van der Waals surface area (Å²) < 4.78 is 11.0. The van der Waals surface area contributed by atoms with Gasteiger partial charge < -0.3 is 14.2 Å². The maximum atomic E-state index is 12.9. The van der Waals surface area contributed by atoms with Crippen LogP contribution in [0.2, 0.25) is 0 Å². The van der Waals surface area contributed by atoms with Crippen molar-refractivity contribution in [2.24, 2.45) is 0 Å². The van der Waals surface area contributed by atoms with Gasteiger partial charge in [-0.25, -0.2) is 0 Å². The molecule has 2 aliphatic heterocycles. The number of piperidine rings is 1. The Balaban J connectivity index is 1.20. The van der Waals surface area contributed by atoms with Gasteiger partial charge in [0.1, 0.15) is 12.3 Å². The lowest BCUT2D eigenvalue weighted by Crippen LogP contribution is -2.48. The molecule has 0 spiro atoms. The highest BCUT2D eigenvalue weighted by Gasteiger charge is 2.31. The van der Waals surface area contributed by atoms with Gasteiger partial charge in [0.15, 0.2) is 6.61 Å². The summed E-state index contributed by atoms with van der Waals surface area (Å²) in [5.74, 6) is 1.67. The molecular formula is C24H24N4O4. The molecule has 164 valence electrons. The Morgan fingerprint density at radius 1 is 1.09 bits per heavy atom. The molecule has 1 aromatic heterocycles. The fourth-order valence-electron chi connectivity index (χ4n) is 4.16. The SMILES string of the molecule is Cc1ccc(-c2noc(C3CCN(C(=O)CN4C(=O)COc5ccccc54)CC3)n2)cc1. The molecule has 3 heterocycles. The number of para-hydroxylation sites is 2. The number of ether oxygens (including phenoxy) is 1. The van der Waals surface area contributed by atoms with Crippen molar-refractivity contribution < 1.29 is 18.8 Å². The standard InChI is InChI=1S/C24H24N4O4/c1-16-6-8-17(9-7-16)23-25-24(32-26-23)18-10-12-27(13-11-18)21(29)14-28-19-4-2-3-5-20(19)31-15-22(28)30/h2-9,18H,10-15H2,1H3. The van der Waals surface area contributed by atoms with Crippen LogP contribution in [0.25, 0.3) is 11.4 Å². The number of hydrogen-bond donors (Lipinski definition) is 0. The first-order chi connectivity index (χ1) is 15.6. The highest BCUT2D eigenvalue weighted by molar-refractivity contribution is 6.02. The van der Waals surface area contributed by atoms with Gasteiger partial charge >= 0.3 is 0 Å². The molecule has 0 radical (unpaired) electrons. The van der Waals surface area contributed by atoms with E-state index in [4.69, 9.17) is 9.26 Å². The number of anilines is 1. The van der Waals surface area contributed by atoms with Gasteiger partial charge in [0.2, 0.25) is 17.6 Å². The minimum absolute atomic E-state index is 0.0159. The van der Waals surface area contributed by atoms with E-state index < -0.39 is 0 Å². The second kappa shape index (κ2) is 8.45. The van der Waals surface area contributed by atoms with Crippen LogP contribution in [-0.2, 0) is 9.59 Å². The van der Waals surface area contributed by atoms with Crippen LogP contribution in [0.15, 0.2) is 53.1 Å². The summed E-state index contributed by atoms with van der Waals surface area (Å²) in [7, 11) is 0. The first-order valence-corrected chi connectivity index (χ1v) is 10.8. The van der Waals surface area contributed by atoms with E-state index in [1.165, 1.54) is 10.5 Å². The molecule has 5 rings (SSSR count). The van der Waals surface area contributed by atoms with Gasteiger partial charge in [0.05, 0.1) is 5.69 Å². The Hall–Kier alpha value is -3.68. The lowest BCUT2D eigenvalue weighted by atomic mass is 9.96. The molecule has 0 atom stereocenters. The number of fused-ring (bicyclic) bond motifs is 1. The average Bonchev–Trinajstić information content (AvgIpc) is 3.32. The summed E-state index contributed by atoms with van der Waals surface area (Å²) in [6, 6.07) is 15.3. The number of hydrogen-bond acceptors (Lipinski definition) is 6. The molecule has 0 bridgehead atoms. The molecule has 0 unspecified atom stereocenters. The fourth-order valence-corrected chi connectivity index (χ4v) is 4.16. The number of rotatable bonds is 4. The molecule has 2 aliphatic rings. The van der Waals surface area contributed by atoms with Crippen molar-refractivity contribution in [3.8, 4) is 17.1 Å². The first-order valence-electron chi connectivity index (χ1n) is 10.8.